The van der Waals surface area contributed by atoms with E-state index in [2.05, 4.69) is 22.3 Å². The van der Waals surface area contributed by atoms with Gasteiger partial charge in [-0.3, -0.25) is 9.78 Å². The normalized spacial score (nSPS) is 24.1. The highest BCUT2D eigenvalue weighted by atomic mass is 19.4. The van der Waals surface area contributed by atoms with Gasteiger partial charge in [0.1, 0.15) is 11.8 Å². The fourth-order valence-corrected chi connectivity index (χ4v) is 4.96. The molecule has 188 valence electrons. The average Bonchev–Trinajstić information content (AvgIpc) is 3.31. The third kappa shape index (κ3) is 5.80. The molecule has 1 amide bonds. The number of terminal acetylenes is 1. The molecule has 0 radical (unpaired) electrons. The number of halogens is 3. The lowest BCUT2D eigenvalue weighted by Gasteiger charge is -2.31. The number of hydrogen-bond acceptors (Lipinski definition) is 5. The van der Waals surface area contributed by atoms with Crippen molar-refractivity contribution in [3.05, 3.63) is 48.3 Å². The second kappa shape index (κ2) is 11.0. The molecule has 0 spiro atoms. The van der Waals surface area contributed by atoms with Crippen molar-refractivity contribution in [3.8, 4) is 35.3 Å². The lowest BCUT2D eigenvalue weighted by Crippen LogP contribution is -2.47. The Bertz CT molecular complexity index is 1130. The van der Waals surface area contributed by atoms with Crippen LogP contribution in [0.5, 0.6) is 5.75 Å². The molecule has 1 aliphatic carbocycles. The van der Waals surface area contributed by atoms with Crippen LogP contribution in [0.2, 0.25) is 0 Å². The summed E-state index contributed by atoms with van der Waals surface area (Å²) in [7, 11) is 0. The number of nitrogens with zero attached hydrogens (tertiary/aromatic N) is 3. The van der Waals surface area contributed by atoms with E-state index in [-0.39, 0.29) is 36.2 Å². The highest BCUT2D eigenvalue weighted by molar-refractivity contribution is 5.80. The van der Waals surface area contributed by atoms with E-state index >= 15 is 0 Å². The molecule has 2 fully saturated rings. The average molecular weight is 497 g/mol. The fourth-order valence-electron chi connectivity index (χ4n) is 4.96. The van der Waals surface area contributed by atoms with Gasteiger partial charge in [-0.15, -0.1) is 6.42 Å². The Morgan fingerprint density at radius 3 is 2.44 bits per heavy atom. The van der Waals surface area contributed by atoms with E-state index in [0.29, 0.717) is 37.0 Å². The first kappa shape index (κ1) is 25.5. The molecule has 9 heteroatoms. The number of nitriles is 1. The number of carbonyl (C=O) groups is 1. The molecule has 4 rings (SSSR count). The maximum Gasteiger partial charge on any atom is 0.417 e. The highest BCUT2D eigenvalue weighted by Crippen LogP contribution is 2.39. The van der Waals surface area contributed by atoms with Crippen molar-refractivity contribution in [1.82, 2.24) is 15.2 Å². The van der Waals surface area contributed by atoms with E-state index in [9.17, 15) is 23.2 Å². The van der Waals surface area contributed by atoms with Gasteiger partial charge in [0.15, 0.2) is 0 Å². The Kier molecular flexibility index (Phi) is 7.81. The van der Waals surface area contributed by atoms with Crippen LogP contribution < -0.4 is 10.1 Å². The molecule has 2 heterocycles. The molecule has 0 bridgehead atoms. The highest BCUT2D eigenvalue weighted by Gasteiger charge is 2.36. The quantitative estimate of drug-likeness (QED) is 0.593. The number of likely N-dealkylation sites (tertiary alicyclic amines) is 1. The smallest absolute Gasteiger partial charge is 0.417 e. The number of ether oxygens (including phenoxy) is 1. The van der Waals surface area contributed by atoms with Crippen molar-refractivity contribution in [2.75, 3.05) is 6.54 Å². The van der Waals surface area contributed by atoms with E-state index < -0.39 is 17.8 Å². The van der Waals surface area contributed by atoms with E-state index in [1.54, 1.807) is 12.1 Å². The lowest BCUT2D eigenvalue weighted by atomic mass is 9.92. The maximum atomic E-state index is 13.6. The molecule has 1 N–H and O–H groups in total. The van der Waals surface area contributed by atoms with Gasteiger partial charge in [-0.05, 0) is 80.0 Å². The van der Waals surface area contributed by atoms with Crippen molar-refractivity contribution < 1.29 is 22.7 Å². The summed E-state index contributed by atoms with van der Waals surface area (Å²) in [6.45, 7) is 0.112. The molecular weight excluding hydrogens is 469 g/mol. The van der Waals surface area contributed by atoms with Gasteiger partial charge in [0.25, 0.3) is 0 Å². The van der Waals surface area contributed by atoms with Crippen molar-refractivity contribution in [2.45, 2.75) is 68.9 Å². The molecule has 6 nitrogen and oxygen atoms in total. The fraction of sp³-hybridized carbons (Fsp3) is 0.444. The largest absolute Gasteiger partial charge is 0.490 e. The molecule has 1 aromatic carbocycles. The Morgan fingerprint density at radius 2 is 1.81 bits per heavy atom. The first-order chi connectivity index (χ1) is 17.3. The second-order valence-corrected chi connectivity index (χ2v) is 9.12. The summed E-state index contributed by atoms with van der Waals surface area (Å²) >= 11 is 0. The first-order valence-electron chi connectivity index (χ1n) is 12.0. The number of alkyl halides is 3. The van der Waals surface area contributed by atoms with Crippen LogP contribution in [0.3, 0.4) is 0 Å². The Hall–Kier alpha value is -3.56. The summed E-state index contributed by atoms with van der Waals surface area (Å²) in [5.41, 5.74) is -0.245. The van der Waals surface area contributed by atoms with Crippen LogP contribution in [0.1, 0.15) is 44.1 Å². The summed E-state index contributed by atoms with van der Waals surface area (Å²) in [4.78, 5) is 18.1. The summed E-state index contributed by atoms with van der Waals surface area (Å²) < 4.78 is 46.7. The minimum Gasteiger partial charge on any atom is -0.490 e. The van der Waals surface area contributed by atoms with Gasteiger partial charge >= 0.3 is 6.18 Å². The molecule has 36 heavy (non-hydrogen) atoms. The van der Waals surface area contributed by atoms with Crippen LogP contribution in [-0.2, 0) is 11.0 Å². The SMILES string of the molecule is C#C[C@@H]1CC[C@@H](C#N)N1C(=O)CNC1CCC(Oc2ccc(C(F)(F)F)c(-c3ccncc3)c2)CC1. The minimum atomic E-state index is -4.49. The molecule has 2 aromatic rings. The number of carbonyl (C=O) groups excluding carboxylic acids is 1. The van der Waals surface area contributed by atoms with Gasteiger partial charge in [0.05, 0.1) is 30.3 Å². The van der Waals surface area contributed by atoms with Gasteiger partial charge in [-0.1, -0.05) is 5.92 Å². The van der Waals surface area contributed by atoms with Crippen LogP contribution in [-0.4, -0.2) is 46.6 Å². The summed E-state index contributed by atoms with van der Waals surface area (Å²) in [5, 5.41) is 12.6. The van der Waals surface area contributed by atoms with Crippen LogP contribution in [0.25, 0.3) is 11.1 Å². The third-order valence-corrected chi connectivity index (χ3v) is 6.82. The number of pyridine rings is 1. The molecule has 2 atom stereocenters. The summed E-state index contributed by atoms with van der Waals surface area (Å²) in [6.07, 6.45) is 7.97. The standard InChI is InChI=1S/C27H27F3N4O2/c1-2-20-5-6-21(16-31)34(20)26(35)17-33-19-3-7-22(8-4-19)36-23-9-10-25(27(28,29)30)24(15-23)18-11-13-32-14-12-18/h1,9-15,19-22,33H,3-8,17H2/t19?,20-,21+,22?/m1/s1. The number of hydrogen-bond donors (Lipinski definition) is 1. The van der Waals surface area contributed by atoms with Crippen LogP contribution in [0.4, 0.5) is 13.2 Å². The first-order valence-corrected chi connectivity index (χ1v) is 12.0. The molecular formula is C27H27F3N4O2. The Labute approximate surface area is 208 Å². The van der Waals surface area contributed by atoms with E-state index in [4.69, 9.17) is 11.2 Å². The van der Waals surface area contributed by atoms with Crippen LogP contribution >= 0.6 is 0 Å². The molecule has 0 unspecified atom stereocenters. The molecule has 1 saturated heterocycles. The Balaban J connectivity index is 1.33. The van der Waals surface area contributed by atoms with Gasteiger partial charge in [-0.25, -0.2) is 0 Å². The van der Waals surface area contributed by atoms with Crippen LogP contribution in [0.15, 0.2) is 42.7 Å². The van der Waals surface area contributed by atoms with Crippen LogP contribution in [0, 0.1) is 23.7 Å². The van der Waals surface area contributed by atoms with Crippen molar-refractivity contribution in [3.63, 3.8) is 0 Å². The molecule has 1 aliphatic heterocycles. The molecule has 1 aromatic heterocycles. The number of amides is 1. The molecule has 2 aliphatic rings. The maximum absolute atomic E-state index is 13.6. The number of aromatic nitrogens is 1. The van der Waals surface area contributed by atoms with Gasteiger partial charge in [-0.2, -0.15) is 18.4 Å². The third-order valence-electron chi connectivity index (χ3n) is 6.82. The molecule has 1 saturated carbocycles. The Morgan fingerprint density at radius 1 is 1.11 bits per heavy atom. The van der Waals surface area contributed by atoms with Gasteiger partial charge in [0, 0.05) is 18.4 Å². The van der Waals surface area contributed by atoms with Crippen molar-refractivity contribution in [1.29, 1.82) is 5.26 Å². The zero-order valence-corrected chi connectivity index (χ0v) is 19.7. The summed E-state index contributed by atoms with van der Waals surface area (Å²) in [5.74, 6) is 2.81. The monoisotopic (exact) mass is 496 g/mol. The van der Waals surface area contributed by atoms with E-state index in [1.165, 1.54) is 29.4 Å². The number of nitrogens with one attached hydrogen (secondary N) is 1. The lowest BCUT2D eigenvalue weighted by molar-refractivity contribution is -0.137. The van der Waals surface area contributed by atoms with Crippen molar-refractivity contribution in [2.24, 2.45) is 0 Å². The van der Waals surface area contributed by atoms with Gasteiger partial charge < -0.3 is 15.0 Å². The zero-order valence-electron chi connectivity index (χ0n) is 19.7. The van der Waals surface area contributed by atoms with Gasteiger partial charge in [0.2, 0.25) is 5.91 Å². The second-order valence-electron chi connectivity index (χ2n) is 9.12. The predicted molar refractivity (Wildman–Crippen MR) is 127 cm³/mol. The minimum absolute atomic E-state index is 0.0547. The predicted octanol–water partition coefficient (Wildman–Crippen LogP) is 4.56. The number of benzene rings is 1. The van der Waals surface area contributed by atoms with Crippen molar-refractivity contribution >= 4 is 5.91 Å². The summed E-state index contributed by atoms with van der Waals surface area (Å²) in [6, 6.07) is 8.38. The van der Waals surface area contributed by atoms with E-state index in [1.807, 2.05) is 0 Å². The number of rotatable bonds is 6. The van der Waals surface area contributed by atoms with E-state index in [0.717, 1.165) is 18.9 Å². The zero-order chi connectivity index (χ0) is 25.7. The topological polar surface area (TPSA) is 78.2 Å².